The molecule has 6 heteroatoms. The Labute approximate surface area is 158 Å². The van der Waals surface area contributed by atoms with Crippen molar-refractivity contribution in [2.45, 2.75) is 98.3 Å². The maximum atomic E-state index is 12.4. The van der Waals surface area contributed by atoms with Crippen LogP contribution in [0, 0.1) is 5.41 Å². The zero-order chi connectivity index (χ0) is 20.1. The molecule has 0 aromatic rings. The van der Waals surface area contributed by atoms with Crippen LogP contribution in [-0.4, -0.2) is 41.9 Å². The number of hydrogen-bond acceptors (Lipinski definition) is 4. The highest BCUT2D eigenvalue weighted by molar-refractivity contribution is 6.74. The first-order chi connectivity index (χ1) is 11.0. The minimum atomic E-state index is -1.77. The summed E-state index contributed by atoms with van der Waals surface area (Å²) in [6, 6.07) is 0. The van der Waals surface area contributed by atoms with Crippen LogP contribution in [0.1, 0.15) is 54.4 Å². The zero-order valence-electron chi connectivity index (χ0n) is 18.5. The molecule has 0 spiro atoms. The van der Waals surface area contributed by atoms with Gasteiger partial charge in [-0.15, -0.1) is 0 Å². The van der Waals surface area contributed by atoms with E-state index in [1.165, 1.54) is 0 Å². The highest BCUT2D eigenvalue weighted by Crippen LogP contribution is 2.37. The molecule has 0 aliphatic heterocycles. The summed E-state index contributed by atoms with van der Waals surface area (Å²) in [5.41, 5.74) is -0.646. The quantitative estimate of drug-likeness (QED) is 0.277. The fourth-order valence-corrected chi connectivity index (χ4v) is 4.61. The summed E-state index contributed by atoms with van der Waals surface area (Å²) in [5, 5.41) is 0.214. The van der Waals surface area contributed by atoms with E-state index in [-0.39, 0.29) is 17.1 Å². The first-order valence-corrected chi connectivity index (χ1v) is 15.9. The van der Waals surface area contributed by atoms with Crippen LogP contribution >= 0.6 is 0 Å². The number of esters is 1. The molecule has 0 rings (SSSR count). The monoisotopic (exact) mass is 390 g/mol. The van der Waals surface area contributed by atoms with Crippen LogP contribution in [0.2, 0.25) is 37.8 Å². The number of hydrogen-bond donors (Lipinski definition) is 0. The first kappa shape index (κ1) is 24.8. The van der Waals surface area contributed by atoms with E-state index in [1.54, 1.807) is 0 Å². The maximum Gasteiger partial charge on any atom is 0.314 e. The Morgan fingerprint density at radius 3 is 1.92 bits per heavy atom. The summed E-state index contributed by atoms with van der Waals surface area (Å²) in [6.07, 6.45) is 1.57. The van der Waals surface area contributed by atoms with Gasteiger partial charge in [-0.2, -0.15) is 0 Å². The van der Waals surface area contributed by atoms with Crippen molar-refractivity contribution in [1.29, 1.82) is 0 Å². The van der Waals surface area contributed by atoms with Gasteiger partial charge in [0.1, 0.15) is 0 Å². The van der Waals surface area contributed by atoms with E-state index < -0.39 is 22.0 Å². The summed E-state index contributed by atoms with van der Waals surface area (Å²) in [7, 11) is -3.49. The minimum absolute atomic E-state index is 0.138. The van der Waals surface area contributed by atoms with Crippen LogP contribution in [-0.2, 0) is 18.4 Å². The van der Waals surface area contributed by atoms with Crippen molar-refractivity contribution in [3.05, 3.63) is 0 Å². The molecule has 1 atom stereocenters. The molecule has 0 saturated carbocycles. The molecule has 0 radical (unpaired) electrons. The van der Waals surface area contributed by atoms with Gasteiger partial charge in [0.15, 0.2) is 16.6 Å². The third-order valence-corrected chi connectivity index (χ3v) is 10.5. The largest absolute Gasteiger partial charge is 0.466 e. The second-order valence-electron chi connectivity index (χ2n) is 9.91. The van der Waals surface area contributed by atoms with E-state index in [0.717, 1.165) is 19.4 Å². The lowest BCUT2D eigenvalue weighted by Gasteiger charge is -2.38. The summed E-state index contributed by atoms with van der Waals surface area (Å²) in [4.78, 5) is 12.4. The van der Waals surface area contributed by atoms with Crippen LogP contribution in [0.5, 0.6) is 0 Å². The van der Waals surface area contributed by atoms with Gasteiger partial charge < -0.3 is 13.6 Å². The molecular weight excluding hydrogens is 348 g/mol. The van der Waals surface area contributed by atoms with Gasteiger partial charge in [-0.1, -0.05) is 20.8 Å². The highest BCUT2D eigenvalue weighted by atomic mass is 28.4. The molecule has 150 valence electrons. The van der Waals surface area contributed by atoms with Crippen molar-refractivity contribution < 1.29 is 18.4 Å². The normalized spacial score (nSPS) is 15.2. The number of rotatable bonds is 10. The average Bonchev–Trinajstić information content (AvgIpc) is 2.39. The molecule has 0 fully saturated rings. The van der Waals surface area contributed by atoms with E-state index in [0.29, 0.717) is 6.61 Å². The van der Waals surface area contributed by atoms with E-state index in [9.17, 15) is 4.79 Å². The number of carbonyl (C=O) groups is 1. The summed E-state index contributed by atoms with van der Waals surface area (Å²) >= 11 is 0. The molecule has 0 N–H and O–H groups in total. The Morgan fingerprint density at radius 1 is 1.00 bits per heavy atom. The number of carbonyl (C=O) groups excluding carboxylic acids is 1. The van der Waals surface area contributed by atoms with Crippen molar-refractivity contribution >= 4 is 22.6 Å². The van der Waals surface area contributed by atoms with Gasteiger partial charge in [0, 0.05) is 6.61 Å². The fourth-order valence-electron chi connectivity index (χ4n) is 2.25. The second-order valence-corrected chi connectivity index (χ2v) is 19.2. The molecule has 0 saturated heterocycles. The average molecular weight is 391 g/mol. The molecule has 25 heavy (non-hydrogen) atoms. The second kappa shape index (κ2) is 9.15. The Balaban J connectivity index is 4.91. The van der Waals surface area contributed by atoms with Gasteiger partial charge in [-0.05, 0) is 71.4 Å². The Morgan fingerprint density at radius 2 is 1.52 bits per heavy atom. The molecule has 4 nitrogen and oxygen atoms in total. The van der Waals surface area contributed by atoms with Gasteiger partial charge in [-0.25, -0.2) is 0 Å². The van der Waals surface area contributed by atoms with E-state index in [1.807, 2.05) is 20.8 Å². The molecule has 0 amide bonds. The van der Waals surface area contributed by atoms with Crippen molar-refractivity contribution in [2.75, 3.05) is 13.2 Å². The fraction of sp³-hybridized carbons (Fsp3) is 0.947. The lowest BCUT2D eigenvalue weighted by molar-refractivity contribution is -0.159. The standard InChI is InChI=1S/C19H42O4Si2/c1-12-21-17(20)19(5,6)16(23-24(7,8)9)14-13-15-22-25(10,11)18(2,3)4/h16H,12-15H2,1-11H3/t16-/m1/s1. The molecule has 0 unspecified atom stereocenters. The smallest absolute Gasteiger partial charge is 0.314 e. The summed E-state index contributed by atoms with van der Waals surface area (Å²) in [5.74, 6) is -0.177. The minimum Gasteiger partial charge on any atom is -0.466 e. The lowest BCUT2D eigenvalue weighted by Crippen LogP contribution is -2.46. The third-order valence-electron chi connectivity index (χ3n) is 4.98. The van der Waals surface area contributed by atoms with Gasteiger partial charge in [0.25, 0.3) is 0 Å². The molecule has 0 heterocycles. The van der Waals surface area contributed by atoms with E-state index >= 15 is 0 Å². The van der Waals surface area contributed by atoms with E-state index in [2.05, 4.69) is 53.5 Å². The van der Waals surface area contributed by atoms with Crippen molar-refractivity contribution in [1.82, 2.24) is 0 Å². The van der Waals surface area contributed by atoms with Crippen molar-refractivity contribution in [3.8, 4) is 0 Å². The predicted octanol–water partition coefficient (Wildman–Crippen LogP) is 5.60. The lowest BCUT2D eigenvalue weighted by atomic mass is 9.84. The molecule has 0 bridgehead atoms. The van der Waals surface area contributed by atoms with Gasteiger partial charge in [0.2, 0.25) is 0 Å². The van der Waals surface area contributed by atoms with Gasteiger partial charge in [-0.3, -0.25) is 4.79 Å². The zero-order valence-corrected chi connectivity index (χ0v) is 20.5. The van der Waals surface area contributed by atoms with Crippen LogP contribution in [0.4, 0.5) is 0 Å². The van der Waals surface area contributed by atoms with Gasteiger partial charge >= 0.3 is 5.97 Å². The number of ether oxygens (including phenoxy) is 1. The SMILES string of the molecule is CCOC(=O)C(C)(C)[C@@H](CCCO[Si](C)(C)C(C)(C)C)O[Si](C)(C)C. The predicted molar refractivity (Wildman–Crippen MR) is 111 cm³/mol. The third kappa shape index (κ3) is 8.37. The Kier molecular flexibility index (Phi) is 9.09. The Hall–Kier alpha value is -0.176. The van der Waals surface area contributed by atoms with Crippen molar-refractivity contribution in [2.24, 2.45) is 5.41 Å². The Bertz CT molecular complexity index is 420. The summed E-state index contributed by atoms with van der Waals surface area (Å²) < 4.78 is 17.9. The first-order valence-electron chi connectivity index (χ1n) is 9.53. The highest BCUT2D eigenvalue weighted by Gasteiger charge is 2.41. The molecular formula is C19H42O4Si2. The van der Waals surface area contributed by atoms with Crippen molar-refractivity contribution in [3.63, 3.8) is 0 Å². The van der Waals surface area contributed by atoms with Gasteiger partial charge in [0.05, 0.1) is 18.1 Å². The molecule has 0 aromatic carbocycles. The van der Waals surface area contributed by atoms with Crippen LogP contribution < -0.4 is 0 Å². The topological polar surface area (TPSA) is 44.8 Å². The van der Waals surface area contributed by atoms with Crippen LogP contribution in [0.15, 0.2) is 0 Å². The maximum absolute atomic E-state index is 12.4. The van der Waals surface area contributed by atoms with E-state index in [4.69, 9.17) is 13.6 Å². The van der Waals surface area contributed by atoms with Crippen LogP contribution in [0.25, 0.3) is 0 Å². The molecule has 0 aliphatic carbocycles. The molecule has 0 aromatic heterocycles. The molecule has 0 aliphatic rings. The summed E-state index contributed by atoms with van der Waals surface area (Å²) in [6.45, 7) is 24.6. The van der Waals surface area contributed by atoms with Crippen LogP contribution in [0.3, 0.4) is 0 Å².